The number of thioether (sulfide) groups is 1. The number of para-hydroxylation sites is 1. The highest BCUT2D eigenvalue weighted by Gasteiger charge is 2.35. The summed E-state index contributed by atoms with van der Waals surface area (Å²) >= 11 is 1.64. The number of hydrogen-bond donors (Lipinski definition) is 1. The van der Waals surface area contributed by atoms with Crippen LogP contribution in [0.4, 0.5) is 11.4 Å². The fourth-order valence-electron chi connectivity index (χ4n) is 4.57. The molecule has 2 unspecified atom stereocenters. The van der Waals surface area contributed by atoms with Gasteiger partial charge in [0.15, 0.2) is 0 Å². The van der Waals surface area contributed by atoms with Gasteiger partial charge in [-0.3, -0.25) is 14.5 Å². The molecule has 0 radical (unpaired) electrons. The normalized spacial score (nSPS) is 17.5. The Bertz CT molecular complexity index is 951. The van der Waals surface area contributed by atoms with Gasteiger partial charge in [-0.25, -0.2) is 0 Å². The van der Waals surface area contributed by atoms with Crippen molar-refractivity contribution >= 4 is 35.0 Å². The van der Waals surface area contributed by atoms with Gasteiger partial charge in [-0.1, -0.05) is 71.4 Å². The Hall–Kier alpha value is -2.27. The molecule has 0 bridgehead atoms. The summed E-state index contributed by atoms with van der Waals surface area (Å²) in [5.41, 5.74) is 4.24. The number of nitrogens with one attached hydrogen (secondary N) is 1. The Kier molecular flexibility index (Phi) is 8.05. The van der Waals surface area contributed by atoms with E-state index >= 15 is 0 Å². The van der Waals surface area contributed by atoms with E-state index in [9.17, 15) is 9.59 Å². The molecular weight excluding hydrogens is 416 g/mol. The Morgan fingerprint density at radius 3 is 2.66 bits per heavy atom. The minimum Gasteiger partial charge on any atom is -0.326 e. The highest BCUT2D eigenvalue weighted by atomic mass is 32.2. The minimum atomic E-state index is -0.0860. The van der Waals surface area contributed by atoms with Crippen LogP contribution >= 0.6 is 11.8 Å². The monoisotopic (exact) mass is 452 g/mol. The van der Waals surface area contributed by atoms with Crippen molar-refractivity contribution in [2.45, 2.75) is 65.7 Å². The van der Waals surface area contributed by atoms with Crippen molar-refractivity contribution in [1.82, 2.24) is 0 Å². The van der Waals surface area contributed by atoms with E-state index in [1.807, 2.05) is 47.4 Å². The lowest BCUT2D eigenvalue weighted by molar-refractivity contribution is -0.117. The highest BCUT2D eigenvalue weighted by Crippen LogP contribution is 2.43. The molecule has 1 heterocycles. The lowest BCUT2D eigenvalue weighted by Crippen LogP contribution is -2.28. The van der Waals surface area contributed by atoms with E-state index < -0.39 is 0 Å². The van der Waals surface area contributed by atoms with E-state index in [1.54, 1.807) is 11.8 Å². The number of amides is 2. The van der Waals surface area contributed by atoms with Crippen molar-refractivity contribution in [3.05, 3.63) is 59.7 Å². The molecule has 0 saturated carbocycles. The fourth-order valence-corrected chi connectivity index (χ4v) is 5.73. The summed E-state index contributed by atoms with van der Waals surface area (Å²) in [4.78, 5) is 27.4. The maximum Gasteiger partial charge on any atom is 0.238 e. The van der Waals surface area contributed by atoms with Crippen LogP contribution in [0.15, 0.2) is 48.5 Å². The van der Waals surface area contributed by atoms with Crippen LogP contribution in [-0.2, 0) is 16.0 Å². The Balaban J connectivity index is 1.77. The second-order valence-electron chi connectivity index (χ2n) is 10.1. The summed E-state index contributed by atoms with van der Waals surface area (Å²) in [5.74, 6) is 0.964. The molecule has 3 rings (SSSR count). The van der Waals surface area contributed by atoms with Crippen molar-refractivity contribution in [2.24, 2.45) is 11.3 Å². The molecule has 0 aromatic heterocycles. The largest absolute Gasteiger partial charge is 0.326 e. The lowest BCUT2D eigenvalue weighted by Gasteiger charge is -2.27. The first-order chi connectivity index (χ1) is 15.2. The van der Waals surface area contributed by atoms with Crippen molar-refractivity contribution < 1.29 is 9.59 Å². The van der Waals surface area contributed by atoms with Gasteiger partial charge in [-0.05, 0) is 53.5 Å². The van der Waals surface area contributed by atoms with Crippen molar-refractivity contribution in [3.63, 3.8) is 0 Å². The first kappa shape index (κ1) is 24.4. The molecule has 4 nitrogen and oxygen atoms in total. The molecule has 0 spiro atoms. The number of anilines is 2. The van der Waals surface area contributed by atoms with Gasteiger partial charge in [0, 0.05) is 17.8 Å². The average Bonchev–Trinajstić information content (AvgIpc) is 3.08. The molecule has 1 aliphatic heterocycles. The summed E-state index contributed by atoms with van der Waals surface area (Å²) in [6.07, 6.45) is 3.49. The van der Waals surface area contributed by atoms with Gasteiger partial charge in [-0.2, -0.15) is 0 Å². The molecule has 2 atom stereocenters. The van der Waals surface area contributed by atoms with Crippen LogP contribution in [0.3, 0.4) is 0 Å². The molecule has 5 heteroatoms. The second-order valence-corrected chi connectivity index (χ2v) is 11.1. The molecule has 0 aliphatic carbocycles. The Labute approximate surface area is 197 Å². The van der Waals surface area contributed by atoms with Gasteiger partial charge < -0.3 is 5.32 Å². The van der Waals surface area contributed by atoms with Crippen molar-refractivity contribution in [2.75, 3.05) is 16.0 Å². The van der Waals surface area contributed by atoms with Gasteiger partial charge >= 0.3 is 0 Å². The van der Waals surface area contributed by atoms with E-state index in [1.165, 1.54) is 5.56 Å². The standard InChI is InChI=1S/C27H36N2O2S/c1-6-10-20-11-7-8-14-23(20)29-25(31)18-32-26(29)21-12-9-13-22(16-21)28-24(30)15-19(2)17-27(3,4)5/h7-9,11-14,16,19,26H,6,10,15,17-18H2,1-5H3,(H,28,30). The van der Waals surface area contributed by atoms with Gasteiger partial charge in [0.1, 0.15) is 5.37 Å². The first-order valence-corrected chi connectivity index (χ1v) is 12.6. The SMILES string of the molecule is CCCc1ccccc1N1C(=O)CSC1c1cccc(NC(=O)CC(C)CC(C)(C)C)c1. The van der Waals surface area contributed by atoms with Crippen LogP contribution in [0.2, 0.25) is 0 Å². The highest BCUT2D eigenvalue weighted by molar-refractivity contribution is 8.00. The number of hydrogen-bond acceptors (Lipinski definition) is 3. The fraction of sp³-hybridized carbons (Fsp3) is 0.481. The number of aryl methyl sites for hydroxylation is 1. The van der Waals surface area contributed by atoms with Crippen LogP contribution < -0.4 is 10.2 Å². The predicted molar refractivity (Wildman–Crippen MR) is 136 cm³/mol. The van der Waals surface area contributed by atoms with Crippen molar-refractivity contribution in [3.8, 4) is 0 Å². The van der Waals surface area contributed by atoms with E-state index in [0.717, 1.165) is 36.2 Å². The molecule has 1 aliphatic rings. The number of benzene rings is 2. The van der Waals surface area contributed by atoms with Gasteiger partial charge in [0.05, 0.1) is 5.75 Å². The zero-order valence-electron chi connectivity index (χ0n) is 20.0. The van der Waals surface area contributed by atoms with Gasteiger partial charge in [0.2, 0.25) is 11.8 Å². The summed E-state index contributed by atoms with van der Waals surface area (Å²) in [5, 5.41) is 2.98. The number of carbonyl (C=O) groups is 2. The molecule has 32 heavy (non-hydrogen) atoms. The minimum absolute atomic E-state index is 0.0409. The van der Waals surface area contributed by atoms with E-state index in [2.05, 4.69) is 46.0 Å². The van der Waals surface area contributed by atoms with Gasteiger partial charge in [-0.15, -0.1) is 11.8 Å². The predicted octanol–water partition coefficient (Wildman–Crippen LogP) is 6.82. The maximum absolute atomic E-state index is 12.8. The van der Waals surface area contributed by atoms with Crippen LogP contribution in [0, 0.1) is 11.3 Å². The first-order valence-electron chi connectivity index (χ1n) is 11.6. The number of rotatable bonds is 8. The molecule has 2 aromatic carbocycles. The lowest BCUT2D eigenvalue weighted by atomic mass is 9.84. The molecular formula is C27H36N2O2S. The molecule has 172 valence electrons. The summed E-state index contributed by atoms with van der Waals surface area (Å²) in [6, 6.07) is 16.1. The second kappa shape index (κ2) is 10.6. The van der Waals surface area contributed by atoms with Crippen LogP contribution in [-0.4, -0.2) is 17.6 Å². The molecule has 1 saturated heterocycles. The smallest absolute Gasteiger partial charge is 0.238 e. The molecule has 2 aromatic rings. The molecule has 2 amide bonds. The summed E-state index contributed by atoms with van der Waals surface area (Å²) in [7, 11) is 0. The quantitative estimate of drug-likeness (QED) is 0.478. The Morgan fingerprint density at radius 1 is 1.19 bits per heavy atom. The number of nitrogens with zero attached hydrogens (tertiary/aromatic N) is 1. The van der Waals surface area contributed by atoms with Crippen LogP contribution in [0.5, 0.6) is 0 Å². The van der Waals surface area contributed by atoms with Crippen LogP contribution in [0.1, 0.15) is 70.4 Å². The Morgan fingerprint density at radius 2 is 1.94 bits per heavy atom. The van der Waals surface area contributed by atoms with E-state index in [-0.39, 0.29) is 22.6 Å². The third kappa shape index (κ3) is 6.38. The molecule has 1 fully saturated rings. The van der Waals surface area contributed by atoms with Gasteiger partial charge in [0.25, 0.3) is 0 Å². The van der Waals surface area contributed by atoms with E-state index in [0.29, 0.717) is 18.1 Å². The van der Waals surface area contributed by atoms with E-state index in [4.69, 9.17) is 0 Å². The third-order valence-electron chi connectivity index (χ3n) is 5.59. The third-order valence-corrected chi connectivity index (χ3v) is 6.80. The zero-order valence-corrected chi connectivity index (χ0v) is 20.8. The molecule has 1 N–H and O–H groups in total. The summed E-state index contributed by atoms with van der Waals surface area (Å²) in [6.45, 7) is 10.9. The van der Waals surface area contributed by atoms with Crippen LogP contribution in [0.25, 0.3) is 0 Å². The topological polar surface area (TPSA) is 49.4 Å². The maximum atomic E-state index is 12.8. The summed E-state index contributed by atoms with van der Waals surface area (Å²) < 4.78 is 0. The average molecular weight is 453 g/mol. The zero-order chi connectivity index (χ0) is 23.3. The van der Waals surface area contributed by atoms with Crippen molar-refractivity contribution in [1.29, 1.82) is 0 Å². The number of carbonyl (C=O) groups excluding carboxylic acids is 2.